The maximum Gasteiger partial charge on any atom is 0.0596 e. The van der Waals surface area contributed by atoms with Gasteiger partial charge in [-0.25, -0.2) is 0 Å². The van der Waals surface area contributed by atoms with E-state index in [1.54, 1.807) is 0 Å². The van der Waals surface area contributed by atoms with Gasteiger partial charge in [-0.15, -0.1) is 0 Å². The molecule has 0 heterocycles. The smallest absolute Gasteiger partial charge is 0.0596 e. The Hall–Kier alpha value is -1.34. The number of hydrogen-bond donors (Lipinski definition) is 1. The van der Waals surface area contributed by atoms with E-state index in [4.69, 9.17) is 9.84 Å². The molecule has 0 radical (unpaired) electrons. The number of benzene rings is 1. The molecule has 0 saturated heterocycles. The van der Waals surface area contributed by atoms with E-state index < -0.39 is 0 Å². The summed E-state index contributed by atoms with van der Waals surface area (Å²) < 4.78 is 5.54. The highest BCUT2D eigenvalue weighted by Crippen LogP contribution is 2.06. The van der Waals surface area contributed by atoms with Crippen LogP contribution in [0.4, 0.5) is 0 Å². The zero-order valence-corrected chi connectivity index (χ0v) is 12.7. The molecule has 20 heavy (non-hydrogen) atoms. The van der Waals surface area contributed by atoms with Gasteiger partial charge in [0.05, 0.1) is 19.3 Å². The Balaban J connectivity index is 2.39. The Bertz CT molecular complexity index is 429. The molecule has 0 aliphatic carbocycles. The van der Waals surface area contributed by atoms with E-state index in [2.05, 4.69) is 49.8 Å². The van der Waals surface area contributed by atoms with Crippen molar-refractivity contribution in [2.75, 3.05) is 26.8 Å². The summed E-state index contributed by atoms with van der Waals surface area (Å²) >= 11 is 0. The van der Waals surface area contributed by atoms with Crippen LogP contribution in [0.5, 0.6) is 0 Å². The zero-order valence-electron chi connectivity index (χ0n) is 12.7. The summed E-state index contributed by atoms with van der Waals surface area (Å²) in [6.45, 7) is 6.82. The Morgan fingerprint density at radius 2 is 1.95 bits per heavy atom. The van der Waals surface area contributed by atoms with Crippen LogP contribution in [0.15, 0.2) is 24.3 Å². The zero-order chi connectivity index (χ0) is 14.8. The highest BCUT2D eigenvalue weighted by Gasteiger charge is 2.01. The van der Waals surface area contributed by atoms with Gasteiger partial charge >= 0.3 is 0 Å². The summed E-state index contributed by atoms with van der Waals surface area (Å²) in [4.78, 5) is 2.24. The molecule has 0 aliphatic heterocycles. The van der Waals surface area contributed by atoms with E-state index in [1.165, 1.54) is 5.56 Å². The van der Waals surface area contributed by atoms with Gasteiger partial charge in [0, 0.05) is 25.1 Å². The lowest BCUT2D eigenvalue weighted by atomic mass is 10.1. The van der Waals surface area contributed by atoms with Crippen molar-refractivity contribution in [2.45, 2.75) is 32.9 Å². The van der Waals surface area contributed by atoms with Crippen molar-refractivity contribution in [3.8, 4) is 11.8 Å². The lowest BCUT2D eigenvalue weighted by Crippen LogP contribution is -2.23. The highest BCUT2D eigenvalue weighted by atomic mass is 16.5. The molecule has 110 valence electrons. The van der Waals surface area contributed by atoms with Gasteiger partial charge in [0.2, 0.25) is 0 Å². The quantitative estimate of drug-likeness (QED) is 0.775. The number of nitrogens with zero attached hydrogens (tertiary/aromatic N) is 1. The number of aliphatic hydroxyl groups excluding tert-OH is 1. The van der Waals surface area contributed by atoms with Crippen molar-refractivity contribution < 1.29 is 9.84 Å². The van der Waals surface area contributed by atoms with E-state index >= 15 is 0 Å². The third kappa shape index (κ3) is 7.30. The maximum atomic E-state index is 8.67. The van der Waals surface area contributed by atoms with E-state index in [0.717, 1.165) is 25.3 Å². The van der Waals surface area contributed by atoms with Crippen LogP contribution in [0.25, 0.3) is 0 Å². The second-order valence-electron chi connectivity index (χ2n) is 5.13. The minimum Gasteiger partial charge on any atom is -0.395 e. The topological polar surface area (TPSA) is 32.7 Å². The average molecular weight is 275 g/mol. The van der Waals surface area contributed by atoms with Crippen LogP contribution >= 0.6 is 0 Å². The van der Waals surface area contributed by atoms with E-state index in [0.29, 0.717) is 12.5 Å². The summed E-state index contributed by atoms with van der Waals surface area (Å²) in [6, 6.07) is 8.25. The summed E-state index contributed by atoms with van der Waals surface area (Å²) in [7, 11) is 2.10. The molecule has 0 aliphatic rings. The molecule has 1 rings (SSSR count). The SMILES string of the molecule is CC(C)OCCN(C)Cc1ccc(C#CCCO)cc1. The predicted octanol–water partition coefficient (Wildman–Crippen LogP) is 2.28. The van der Waals surface area contributed by atoms with Crippen molar-refractivity contribution in [2.24, 2.45) is 0 Å². The minimum atomic E-state index is 0.119. The van der Waals surface area contributed by atoms with Crippen LogP contribution in [-0.4, -0.2) is 42.9 Å². The average Bonchev–Trinajstić information content (AvgIpc) is 2.40. The van der Waals surface area contributed by atoms with E-state index in [-0.39, 0.29) is 6.61 Å². The van der Waals surface area contributed by atoms with Crippen LogP contribution in [-0.2, 0) is 11.3 Å². The van der Waals surface area contributed by atoms with Crippen LogP contribution < -0.4 is 0 Å². The van der Waals surface area contributed by atoms with Crippen molar-refractivity contribution in [3.05, 3.63) is 35.4 Å². The van der Waals surface area contributed by atoms with Gasteiger partial charge in [0.1, 0.15) is 0 Å². The third-order valence-corrected chi connectivity index (χ3v) is 2.80. The first-order valence-corrected chi connectivity index (χ1v) is 7.10. The number of rotatable bonds is 7. The Kier molecular flexibility index (Phi) is 7.98. The standard InChI is InChI=1S/C17H25NO2/c1-15(2)20-13-11-18(3)14-17-9-7-16(8-10-17)6-4-5-12-19/h7-10,15,19H,5,11-14H2,1-3H3. The first-order chi connectivity index (χ1) is 9.61. The van der Waals surface area contributed by atoms with Gasteiger partial charge in [0.15, 0.2) is 0 Å². The third-order valence-electron chi connectivity index (χ3n) is 2.80. The van der Waals surface area contributed by atoms with Gasteiger partial charge in [-0.3, -0.25) is 4.90 Å². The fourth-order valence-corrected chi connectivity index (χ4v) is 1.75. The van der Waals surface area contributed by atoms with Crippen LogP contribution in [0.1, 0.15) is 31.4 Å². The summed E-state index contributed by atoms with van der Waals surface area (Å²) in [5.74, 6) is 5.95. The molecule has 3 nitrogen and oxygen atoms in total. The van der Waals surface area contributed by atoms with Gasteiger partial charge in [-0.1, -0.05) is 24.0 Å². The second-order valence-corrected chi connectivity index (χ2v) is 5.13. The summed E-state index contributed by atoms with van der Waals surface area (Å²) in [6.07, 6.45) is 0.820. The molecule has 0 amide bonds. The van der Waals surface area contributed by atoms with Crippen molar-refractivity contribution in [1.29, 1.82) is 0 Å². The largest absolute Gasteiger partial charge is 0.395 e. The molecule has 1 N–H and O–H groups in total. The van der Waals surface area contributed by atoms with Gasteiger partial charge in [-0.05, 0) is 38.6 Å². The number of ether oxygens (including phenoxy) is 1. The summed E-state index contributed by atoms with van der Waals surface area (Å²) in [5, 5.41) is 8.67. The predicted molar refractivity (Wildman–Crippen MR) is 82.4 cm³/mol. The highest BCUT2D eigenvalue weighted by molar-refractivity contribution is 5.36. The van der Waals surface area contributed by atoms with E-state index in [9.17, 15) is 0 Å². The molecule has 1 aromatic carbocycles. The fraction of sp³-hybridized carbons (Fsp3) is 0.529. The molecule has 1 aromatic rings. The molecule has 0 saturated carbocycles. The van der Waals surface area contributed by atoms with Crippen molar-refractivity contribution >= 4 is 0 Å². The normalized spacial score (nSPS) is 10.7. The molecule has 0 unspecified atom stereocenters. The molecule has 3 heteroatoms. The molecule has 0 atom stereocenters. The Morgan fingerprint density at radius 3 is 2.55 bits per heavy atom. The molecular formula is C17H25NO2. The first-order valence-electron chi connectivity index (χ1n) is 7.10. The molecule has 0 spiro atoms. The maximum absolute atomic E-state index is 8.67. The molecule has 0 bridgehead atoms. The fourth-order valence-electron chi connectivity index (χ4n) is 1.75. The van der Waals surface area contributed by atoms with E-state index in [1.807, 2.05) is 12.1 Å². The number of likely N-dealkylation sites (N-methyl/N-ethyl adjacent to an activating group) is 1. The van der Waals surface area contributed by atoms with Crippen molar-refractivity contribution in [1.82, 2.24) is 4.90 Å². The van der Waals surface area contributed by atoms with Crippen LogP contribution in [0.2, 0.25) is 0 Å². The Labute approximate surface area is 122 Å². The second kappa shape index (κ2) is 9.55. The van der Waals surface area contributed by atoms with Gasteiger partial charge < -0.3 is 9.84 Å². The summed E-state index contributed by atoms with van der Waals surface area (Å²) in [5.41, 5.74) is 2.26. The lowest BCUT2D eigenvalue weighted by Gasteiger charge is -2.17. The van der Waals surface area contributed by atoms with Gasteiger partial charge in [-0.2, -0.15) is 0 Å². The van der Waals surface area contributed by atoms with Crippen LogP contribution in [0, 0.1) is 11.8 Å². The Morgan fingerprint density at radius 1 is 1.25 bits per heavy atom. The number of aliphatic hydroxyl groups is 1. The molecular weight excluding hydrogens is 250 g/mol. The minimum absolute atomic E-state index is 0.119. The molecule has 0 aromatic heterocycles. The van der Waals surface area contributed by atoms with Crippen molar-refractivity contribution in [3.63, 3.8) is 0 Å². The number of hydrogen-bond acceptors (Lipinski definition) is 3. The monoisotopic (exact) mass is 275 g/mol. The van der Waals surface area contributed by atoms with Gasteiger partial charge in [0.25, 0.3) is 0 Å². The molecule has 0 fully saturated rings. The first kappa shape index (κ1) is 16.7. The van der Waals surface area contributed by atoms with Crippen LogP contribution in [0.3, 0.4) is 0 Å². The lowest BCUT2D eigenvalue weighted by molar-refractivity contribution is 0.0627.